The predicted molar refractivity (Wildman–Crippen MR) is 76.0 cm³/mol. The van der Waals surface area contributed by atoms with Crippen LogP contribution in [0.15, 0.2) is 51.7 Å². The fourth-order valence-electron chi connectivity index (χ4n) is 2.24. The van der Waals surface area contributed by atoms with E-state index in [0.717, 1.165) is 11.6 Å². The van der Waals surface area contributed by atoms with Crippen LogP contribution < -0.4 is 5.43 Å². The summed E-state index contributed by atoms with van der Waals surface area (Å²) in [5.74, 6) is 0.00516. The third kappa shape index (κ3) is 1.82. The van der Waals surface area contributed by atoms with Crippen LogP contribution in [-0.4, -0.2) is 10.2 Å². The fourth-order valence-corrected chi connectivity index (χ4v) is 2.24. The third-order valence-corrected chi connectivity index (χ3v) is 3.22. The van der Waals surface area contributed by atoms with Gasteiger partial charge in [0.25, 0.3) is 0 Å². The van der Waals surface area contributed by atoms with Gasteiger partial charge in [0.15, 0.2) is 5.43 Å². The fraction of sp³-hybridized carbons (Fsp3) is 0.0625. The van der Waals surface area contributed by atoms with Crippen LogP contribution in [0.1, 0.15) is 5.56 Å². The summed E-state index contributed by atoms with van der Waals surface area (Å²) in [6.45, 7) is 1.65. The van der Waals surface area contributed by atoms with Crippen LogP contribution in [0.2, 0.25) is 0 Å². The molecule has 0 fully saturated rings. The molecule has 0 unspecified atom stereocenters. The first-order valence-electron chi connectivity index (χ1n) is 6.12. The molecule has 20 heavy (non-hydrogen) atoms. The molecule has 0 bridgehead atoms. The van der Waals surface area contributed by atoms with Crippen molar-refractivity contribution in [3.8, 4) is 22.8 Å². The van der Waals surface area contributed by atoms with E-state index in [1.165, 1.54) is 6.07 Å². The van der Waals surface area contributed by atoms with Gasteiger partial charge in [0.1, 0.15) is 28.2 Å². The quantitative estimate of drug-likeness (QED) is 0.711. The number of phenols is 2. The molecule has 3 aromatic rings. The van der Waals surface area contributed by atoms with E-state index in [1.807, 2.05) is 30.3 Å². The lowest BCUT2D eigenvalue weighted by atomic mass is 10.1. The van der Waals surface area contributed by atoms with Gasteiger partial charge in [0.05, 0.1) is 0 Å². The van der Waals surface area contributed by atoms with Crippen LogP contribution in [0.3, 0.4) is 0 Å². The molecule has 4 heteroatoms. The number of benzene rings is 2. The van der Waals surface area contributed by atoms with Gasteiger partial charge in [-0.15, -0.1) is 0 Å². The number of fused-ring (bicyclic) bond motifs is 1. The largest absolute Gasteiger partial charge is 0.508 e. The minimum Gasteiger partial charge on any atom is -0.508 e. The van der Waals surface area contributed by atoms with E-state index >= 15 is 0 Å². The Bertz CT molecular complexity index is 848. The van der Waals surface area contributed by atoms with E-state index in [9.17, 15) is 15.0 Å². The number of aromatic hydroxyl groups is 2. The molecule has 2 aromatic carbocycles. The van der Waals surface area contributed by atoms with Crippen LogP contribution in [0.5, 0.6) is 11.5 Å². The van der Waals surface area contributed by atoms with Crippen molar-refractivity contribution in [3.05, 3.63) is 58.3 Å². The molecular formula is C16H12O4. The van der Waals surface area contributed by atoms with Gasteiger partial charge in [-0.05, 0) is 6.92 Å². The molecule has 4 nitrogen and oxygen atoms in total. The highest BCUT2D eigenvalue weighted by Gasteiger charge is 2.16. The van der Waals surface area contributed by atoms with Crippen LogP contribution >= 0.6 is 0 Å². The van der Waals surface area contributed by atoms with Crippen LogP contribution in [0.25, 0.3) is 22.3 Å². The summed E-state index contributed by atoms with van der Waals surface area (Å²) < 4.78 is 5.70. The molecule has 0 aliphatic rings. The highest BCUT2D eigenvalue weighted by molar-refractivity contribution is 5.87. The van der Waals surface area contributed by atoms with Crippen molar-refractivity contribution in [2.45, 2.75) is 6.92 Å². The summed E-state index contributed by atoms with van der Waals surface area (Å²) in [6, 6.07) is 11.7. The lowest BCUT2D eigenvalue weighted by molar-refractivity contribution is 0.452. The summed E-state index contributed by atoms with van der Waals surface area (Å²) in [5, 5.41) is 19.4. The summed E-state index contributed by atoms with van der Waals surface area (Å²) >= 11 is 0. The minimum absolute atomic E-state index is 0.0833. The SMILES string of the molecule is Cc1c(-c2ccccc2)oc2cc(O)cc(O)c2c1=O. The Kier molecular flexibility index (Phi) is 2.71. The van der Waals surface area contributed by atoms with E-state index < -0.39 is 0 Å². The average molecular weight is 268 g/mol. The summed E-state index contributed by atoms with van der Waals surface area (Å²) in [6.07, 6.45) is 0. The minimum atomic E-state index is -0.303. The standard InChI is InChI=1S/C16H12O4/c1-9-15(19)14-12(18)7-11(17)8-13(14)20-16(9)10-5-3-2-4-6-10/h2-8,17-18H,1H3. The van der Waals surface area contributed by atoms with E-state index in [0.29, 0.717) is 11.3 Å². The van der Waals surface area contributed by atoms with Crippen molar-refractivity contribution in [1.29, 1.82) is 0 Å². The number of hydrogen-bond acceptors (Lipinski definition) is 4. The number of hydrogen-bond donors (Lipinski definition) is 2. The zero-order valence-corrected chi connectivity index (χ0v) is 10.8. The van der Waals surface area contributed by atoms with Gasteiger partial charge in [0.2, 0.25) is 0 Å². The van der Waals surface area contributed by atoms with Gasteiger partial charge >= 0.3 is 0 Å². The second-order valence-electron chi connectivity index (χ2n) is 4.59. The molecule has 3 rings (SSSR count). The highest BCUT2D eigenvalue weighted by atomic mass is 16.3. The average Bonchev–Trinajstić information content (AvgIpc) is 2.43. The normalized spacial score (nSPS) is 10.8. The maximum Gasteiger partial charge on any atom is 0.199 e. The third-order valence-electron chi connectivity index (χ3n) is 3.22. The molecule has 2 N–H and O–H groups in total. The van der Waals surface area contributed by atoms with Gasteiger partial charge < -0.3 is 14.6 Å². The molecule has 100 valence electrons. The lowest BCUT2D eigenvalue weighted by Gasteiger charge is -2.08. The van der Waals surface area contributed by atoms with Gasteiger partial charge in [-0.2, -0.15) is 0 Å². The summed E-state index contributed by atoms with van der Waals surface area (Å²) in [7, 11) is 0. The Labute approximate surface area is 114 Å². The van der Waals surface area contributed by atoms with E-state index in [4.69, 9.17) is 4.42 Å². The van der Waals surface area contributed by atoms with Gasteiger partial charge in [0, 0.05) is 23.3 Å². The monoisotopic (exact) mass is 268 g/mol. The van der Waals surface area contributed by atoms with Crippen molar-refractivity contribution in [2.75, 3.05) is 0 Å². The van der Waals surface area contributed by atoms with Crippen LogP contribution in [0, 0.1) is 6.92 Å². The molecule has 0 atom stereocenters. The Balaban J connectivity index is 2.42. The highest BCUT2D eigenvalue weighted by Crippen LogP contribution is 2.31. The van der Waals surface area contributed by atoms with Gasteiger partial charge in [-0.3, -0.25) is 4.79 Å². The number of rotatable bonds is 1. The maximum absolute atomic E-state index is 12.4. The second-order valence-corrected chi connectivity index (χ2v) is 4.59. The van der Waals surface area contributed by atoms with Crippen LogP contribution in [0.4, 0.5) is 0 Å². The molecule has 0 saturated heterocycles. The molecule has 0 spiro atoms. The topological polar surface area (TPSA) is 70.7 Å². The first-order valence-corrected chi connectivity index (χ1v) is 6.12. The van der Waals surface area contributed by atoms with Crippen molar-refractivity contribution in [2.24, 2.45) is 0 Å². The first kappa shape index (κ1) is 12.3. The summed E-state index contributed by atoms with van der Waals surface area (Å²) in [5.41, 5.74) is 1.05. The Hall–Kier alpha value is -2.75. The molecule has 1 aromatic heterocycles. The molecule has 0 aliphatic carbocycles. The van der Waals surface area contributed by atoms with Crippen molar-refractivity contribution in [1.82, 2.24) is 0 Å². The Morgan fingerprint density at radius 1 is 1.05 bits per heavy atom. The second kappa shape index (κ2) is 4.42. The number of phenolic OH excluding ortho intramolecular Hbond substituents is 2. The summed E-state index contributed by atoms with van der Waals surface area (Å²) in [4.78, 5) is 12.4. The lowest BCUT2D eigenvalue weighted by Crippen LogP contribution is -2.07. The molecule has 0 aliphatic heterocycles. The molecule has 0 amide bonds. The Morgan fingerprint density at radius 2 is 1.75 bits per heavy atom. The zero-order valence-electron chi connectivity index (χ0n) is 10.8. The van der Waals surface area contributed by atoms with E-state index in [-0.39, 0.29) is 27.9 Å². The molecule has 0 saturated carbocycles. The van der Waals surface area contributed by atoms with Crippen molar-refractivity contribution >= 4 is 11.0 Å². The smallest absolute Gasteiger partial charge is 0.199 e. The molecule has 0 radical (unpaired) electrons. The maximum atomic E-state index is 12.4. The van der Waals surface area contributed by atoms with Gasteiger partial charge in [-0.25, -0.2) is 0 Å². The van der Waals surface area contributed by atoms with Crippen molar-refractivity contribution < 1.29 is 14.6 Å². The van der Waals surface area contributed by atoms with E-state index in [1.54, 1.807) is 6.92 Å². The first-order chi connectivity index (χ1) is 9.58. The predicted octanol–water partition coefficient (Wildman–Crippen LogP) is 3.18. The molecular weight excluding hydrogens is 256 g/mol. The van der Waals surface area contributed by atoms with Crippen LogP contribution in [-0.2, 0) is 0 Å². The Morgan fingerprint density at radius 3 is 2.45 bits per heavy atom. The van der Waals surface area contributed by atoms with E-state index in [2.05, 4.69) is 0 Å². The van der Waals surface area contributed by atoms with Gasteiger partial charge in [-0.1, -0.05) is 30.3 Å². The van der Waals surface area contributed by atoms with Crippen molar-refractivity contribution in [3.63, 3.8) is 0 Å². The molecule has 1 heterocycles. The zero-order chi connectivity index (χ0) is 14.3.